The van der Waals surface area contributed by atoms with Gasteiger partial charge in [0.05, 0.1) is 5.75 Å². The standard InChI is InChI=1S/C14H20N2O3S/c1-2-7-20-8-6-15-14(19)16-9-10-4-3-5-11(10)12(16)13(17)18/h1,10-12H,3-9H2,(H,15,19)(H,17,18). The lowest BCUT2D eigenvalue weighted by molar-refractivity contribution is -0.142. The van der Waals surface area contributed by atoms with E-state index in [-0.39, 0.29) is 11.9 Å². The molecule has 2 rings (SSSR count). The lowest BCUT2D eigenvalue weighted by Gasteiger charge is -2.24. The minimum atomic E-state index is -0.878. The van der Waals surface area contributed by atoms with Crippen LogP contribution in [0.3, 0.4) is 0 Å². The number of rotatable bonds is 5. The third-order valence-corrected chi connectivity index (χ3v) is 4.98. The number of hydrogen-bond acceptors (Lipinski definition) is 3. The van der Waals surface area contributed by atoms with Gasteiger partial charge in [0.2, 0.25) is 0 Å². The van der Waals surface area contributed by atoms with E-state index in [9.17, 15) is 14.7 Å². The molecule has 1 saturated carbocycles. The Balaban J connectivity index is 1.86. The molecule has 3 atom stereocenters. The predicted octanol–water partition coefficient (Wildman–Crippen LogP) is 1.25. The number of carboxylic acid groups (broad SMARTS) is 1. The van der Waals surface area contributed by atoms with Crippen molar-refractivity contribution in [2.24, 2.45) is 11.8 Å². The summed E-state index contributed by atoms with van der Waals surface area (Å²) in [6, 6.07) is -0.908. The number of likely N-dealkylation sites (tertiary alicyclic amines) is 1. The van der Waals surface area contributed by atoms with Gasteiger partial charge in [0.1, 0.15) is 6.04 Å². The van der Waals surface area contributed by atoms with E-state index in [0.717, 1.165) is 25.0 Å². The first kappa shape index (κ1) is 15.0. The Kier molecular flexibility index (Phi) is 5.18. The summed E-state index contributed by atoms with van der Waals surface area (Å²) < 4.78 is 0. The number of aliphatic carboxylic acids is 1. The number of fused-ring (bicyclic) bond motifs is 1. The molecule has 2 fully saturated rings. The third kappa shape index (κ3) is 3.21. The zero-order valence-corrected chi connectivity index (χ0v) is 12.2. The molecule has 110 valence electrons. The molecule has 0 aromatic heterocycles. The molecule has 1 saturated heterocycles. The molecule has 2 amide bonds. The van der Waals surface area contributed by atoms with Crippen LogP contribution in [-0.2, 0) is 4.79 Å². The maximum Gasteiger partial charge on any atom is 0.326 e. The van der Waals surface area contributed by atoms with Crippen LogP contribution in [0.4, 0.5) is 4.79 Å². The van der Waals surface area contributed by atoms with Gasteiger partial charge < -0.3 is 15.3 Å². The lowest BCUT2D eigenvalue weighted by atomic mass is 9.94. The minimum Gasteiger partial charge on any atom is -0.480 e. The van der Waals surface area contributed by atoms with Crippen molar-refractivity contribution in [3.05, 3.63) is 0 Å². The third-order valence-electron chi connectivity index (χ3n) is 4.11. The summed E-state index contributed by atoms with van der Waals surface area (Å²) in [5.74, 6) is 3.51. The summed E-state index contributed by atoms with van der Waals surface area (Å²) in [4.78, 5) is 25.1. The van der Waals surface area contributed by atoms with Gasteiger partial charge in [0.15, 0.2) is 0 Å². The lowest BCUT2D eigenvalue weighted by Crippen LogP contribution is -2.48. The number of urea groups is 1. The van der Waals surface area contributed by atoms with Gasteiger partial charge in [-0.1, -0.05) is 12.3 Å². The molecular formula is C14H20N2O3S. The summed E-state index contributed by atoms with van der Waals surface area (Å²) in [5.41, 5.74) is 0. The van der Waals surface area contributed by atoms with Crippen LogP contribution in [0.2, 0.25) is 0 Å². The Hall–Kier alpha value is -1.35. The van der Waals surface area contributed by atoms with Crippen LogP contribution in [0.15, 0.2) is 0 Å². The second-order valence-electron chi connectivity index (χ2n) is 5.28. The average molecular weight is 296 g/mol. The summed E-state index contributed by atoms with van der Waals surface area (Å²) in [6.07, 6.45) is 8.18. The average Bonchev–Trinajstić information content (AvgIpc) is 2.97. The molecule has 0 bridgehead atoms. The Morgan fingerprint density at radius 3 is 2.95 bits per heavy atom. The van der Waals surface area contributed by atoms with Gasteiger partial charge in [-0.3, -0.25) is 0 Å². The molecule has 3 unspecified atom stereocenters. The van der Waals surface area contributed by atoms with Crippen molar-refractivity contribution >= 4 is 23.8 Å². The van der Waals surface area contributed by atoms with Crippen molar-refractivity contribution in [2.45, 2.75) is 25.3 Å². The van der Waals surface area contributed by atoms with Gasteiger partial charge in [-0.15, -0.1) is 18.2 Å². The largest absolute Gasteiger partial charge is 0.480 e. The number of terminal acetylenes is 1. The van der Waals surface area contributed by atoms with E-state index in [4.69, 9.17) is 6.42 Å². The number of carbonyl (C=O) groups excluding carboxylic acids is 1. The summed E-state index contributed by atoms with van der Waals surface area (Å²) in [6.45, 7) is 1.09. The van der Waals surface area contributed by atoms with Gasteiger partial charge >= 0.3 is 12.0 Å². The van der Waals surface area contributed by atoms with Crippen LogP contribution >= 0.6 is 11.8 Å². The maximum atomic E-state index is 12.1. The molecule has 20 heavy (non-hydrogen) atoms. The minimum absolute atomic E-state index is 0.133. The van der Waals surface area contributed by atoms with Gasteiger partial charge in [-0.05, 0) is 24.7 Å². The number of carboxylic acids is 1. The second kappa shape index (κ2) is 6.89. The highest BCUT2D eigenvalue weighted by molar-refractivity contribution is 7.99. The second-order valence-corrected chi connectivity index (χ2v) is 6.38. The number of nitrogens with zero attached hydrogens (tertiary/aromatic N) is 1. The van der Waals surface area contributed by atoms with E-state index in [0.29, 0.717) is 24.8 Å². The van der Waals surface area contributed by atoms with Crippen molar-refractivity contribution in [1.82, 2.24) is 10.2 Å². The smallest absolute Gasteiger partial charge is 0.326 e. The SMILES string of the molecule is C#CCSCCNC(=O)N1CC2CCCC2C1C(=O)O. The zero-order chi connectivity index (χ0) is 14.5. The summed E-state index contributed by atoms with van der Waals surface area (Å²) in [7, 11) is 0. The van der Waals surface area contributed by atoms with Crippen LogP contribution in [-0.4, -0.2) is 52.6 Å². The van der Waals surface area contributed by atoms with Gasteiger partial charge in [0.25, 0.3) is 0 Å². The van der Waals surface area contributed by atoms with Crippen LogP contribution in [0.1, 0.15) is 19.3 Å². The van der Waals surface area contributed by atoms with Gasteiger partial charge in [-0.2, -0.15) is 0 Å². The molecule has 0 radical (unpaired) electrons. The number of thioether (sulfide) groups is 1. The van der Waals surface area contributed by atoms with Crippen molar-refractivity contribution in [1.29, 1.82) is 0 Å². The maximum absolute atomic E-state index is 12.1. The van der Waals surface area contributed by atoms with E-state index >= 15 is 0 Å². The molecule has 6 heteroatoms. The molecule has 1 aliphatic heterocycles. The Labute approximate surface area is 123 Å². The normalized spacial score (nSPS) is 27.9. The number of carbonyl (C=O) groups is 2. The van der Waals surface area contributed by atoms with E-state index in [1.165, 1.54) is 4.90 Å². The van der Waals surface area contributed by atoms with E-state index in [1.807, 2.05) is 0 Å². The van der Waals surface area contributed by atoms with Crippen LogP contribution in [0, 0.1) is 24.2 Å². The highest BCUT2D eigenvalue weighted by Gasteiger charge is 2.49. The molecule has 0 spiro atoms. The molecule has 1 heterocycles. The highest BCUT2D eigenvalue weighted by atomic mass is 32.2. The monoisotopic (exact) mass is 296 g/mol. The molecule has 0 aromatic rings. The molecule has 2 N–H and O–H groups in total. The van der Waals surface area contributed by atoms with Crippen molar-refractivity contribution in [3.63, 3.8) is 0 Å². The van der Waals surface area contributed by atoms with E-state index in [1.54, 1.807) is 11.8 Å². The highest BCUT2D eigenvalue weighted by Crippen LogP contribution is 2.42. The zero-order valence-electron chi connectivity index (χ0n) is 11.4. The molecule has 1 aliphatic carbocycles. The molecule has 0 aromatic carbocycles. The number of hydrogen-bond donors (Lipinski definition) is 2. The number of amides is 2. The van der Waals surface area contributed by atoms with Gasteiger partial charge in [-0.25, -0.2) is 9.59 Å². The van der Waals surface area contributed by atoms with Crippen LogP contribution in [0.5, 0.6) is 0 Å². The quantitative estimate of drug-likeness (QED) is 0.592. The molecular weight excluding hydrogens is 276 g/mol. The van der Waals surface area contributed by atoms with Crippen molar-refractivity contribution < 1.29 is 14.7 Å². The Morgan fingerprint density at radius 1 is 1.45 bits per heavy atom. The molecule has 2 aliphatic rings. The van der Waals surface area contributed by atoms with E-state index < -0.39 is 12.0 Å². The predicted molar refractivity (Wildman–Crippen MR) is 78.5 cm³/mol. The summed E-state index contributed by atoms with van der Waals surface area (Å²) >= 11 is 1.58. The van der Waals surface area contributed by atoms with Crippen molar-refractivity contribution in [2.75, 3.05) is 24.6 Å². The van der Waals surface area contributed by atoms with E-state index in [2.05, 4.69) is 11.2 Å². The fraction of sp³-hybridized carbons (Fsp3) is 0.714. The molecule has 5 nitrogen and oxygen atoms in total. The fourth-order valence-corrected chi connectivity index (χ4v) is 3.80. The topological polar surface area (TPSA) is 69.6 Å². The first-order chi connectivity index (χ1) is 9.65. The first-order valence-corrected chi connectivity index (χ1v) is 8.09. The fourth-order valence-electron chi connectivity index (χ4n) is 3.29. The van der Waals surface area contributed by atoms with Crippen LogP contribution in [0.25, 0.3) is 0 Å². The van der Waals surface area contributed by atoms with Gasteiger partial charge in [0, 0.05) is 18.8 Å². The first-order valence-electron chi connectivity index (χ1n) is 6.93. The van der Waals surface area contributed by atoms with Crippen LogP contribution < -0.4 is 5.32 Å². The van der Waals surface area contributed by atoms with Crippen molar-refractivity contribution in [3.8, 4) is 12.3 Å². The number of nitrogens with one attached hydrogen (secondary N) is 1. The Bertz CT molecular complexity index is 421. The Morgan fingerprint density at radius 2 is 2.25 bits per heavy atom. The summed E-state index contributed by atoms with van der Waals surface area (Å²) in [5, 5.41) is 12.2.